The van der Waals surface area contributed by atoms with Crippen LogP contribution in [0.2, 0.25) is 0 Å². The predicted octanol–water partition coefficient (Wildman–Crippen LogP) is 2.30. The number of aromatic nitrogens is 1. The van der Waals surface area contributed by atoms with Gasteiger partial charge in [0.1, 0.15) is 0 Å². The molecule has 1 aromatic rings. The van der Waals surface area contributed by atoms with Gasteiger partial charge in [0.25, 0.3) is 10.0 Å². The van der Waals surface area contributed by atoms with Crippen LogP contribution in [0.1, 0.15) is 25.7 Å². The summed E-state index contributed by atoms with van der Waals surface area (Å²) in [5, 5.41) is -0.558. The molecule has 0 spiro atoms. The quantitative estimate of drug-likeness (QED) is 0.849. The van der Waals surface area contributed by atoms with E-state index in [4.69, 9.17) is 11.6 Å². The molecule has 0 atom stereocenters. The van der Waals surface area contributed by atoms with Gasteiger partial charge in [-0.3, -0.25) is 0 Å². The van der Waals surface area contributed by atoms with E-state index in [1.807, 2.05) is 0 Å². The average Bonchev–Trinajstić information content (AvgIpc) is 2.86. The number of hydrogen-bond acceptors (Lipinski definition) is 3. The Bertz CT molecular complexity index is 544. The minimum Gasteiger partial charge on any atom is -0.241 e. The van der Waals surface area contributed by atoms with Crippen molar-refractivity contribution in [2.45, 2.75) is 30.7 Å². The highest BCUT2D eigenvalue weighted by Gasteiger charge is 2.34. The predicted molar refractivity (Wildman–Crippen MR) is 71.0 cm³/mol. The molecule has 106 valence electrons. The molecule has 0 radical (unpaired) electrons. The Hall–Kier alpha value is -0.720. The van der Waals surface area contributed by atoms with Gasteiger partial charge in [0.2, 0.25) is 5.03 Å². The Morgan fingerprint density at radius 3 is 2.68 bits per heavy atom. The first-order valence-electron chi connectivity index (χ1n) is 6.15. The SMILES string of the molecule is O=S(=O)(NCC1(CCl)CCCC1)c1ncccc1F. The van der Waals surface area contributed by atoms with Crippen molar-refractivity contribution in [3.8, 4) is 0 Å². The molecule has 19 heavy (non-hydrogen) atoms. The van der Waals surface area contributed by atoms with Gasteiger partial charge in [0.05, 0.1) is 0 Å². The first-order valence-corrected chi connectivity index (χ1v) is 8.17. The molecule has 0 unspecified atom stereocenters. The van der Waals surface area contributed by atoms with Crippen molar-refractivity contribution in [3.63, 3.8) is 0 Å². The number of nitrogens with one attached hydrogen (secondary N) is 1. The molecule has 0 aliphatic heterocycles. The van der Waals surface area contributed by atoms with Gasteiger partial charge in [-0.25, -0.2) is 22.5 Å². The van der Waals surface area contributed by atoms with Crippen molar-refractivity contribution in [1.29, 1.82) is 0 Å². The van der Waals surface area contributed by atoms with Crippen LogP contribution in [0.15, 0.2) is 23.4 Å². The molecular formula is C12H16ClFN2O2S. The molecular weight excluding hydrogens is 291 g/mol. The zero-order valence-corrected chi connectivity index (χ0v) is 12.0. The summed E-state index contributed by atoms with van der Waals surface area (Å²) in [6.45, 7) is 0.231. The highest BCUT2D eigenvalue weighted by molar-refractivity contribution is 7.89. The van der Waals surface area contributed by atoms with E-state index in [9.17, 15) is 12.8 Å². The summed E-state index contributed by atoms with van der Waals surface area (Å²) >= 11 is 5.95. The lowest BCUT2D eigenvalue weighted by Gasteiger charge is -2.26. The third-order valence-corrected chi connectivity index (χ3v) is 5.46. The number of alkyl halides is 1. The summed E-state index contributed by atoms with van der Waals surface area (Å²) in [4.78, 5) is 3.59. The van der Waals surface area contributed by atoms with Crippen LogP contribution in [-0.4, -0.2) is 25.8 Å². The molecule has 0 saturated heterocycles. The molecule has 1 heterocycles. The van der Waals surface area contributed by atoms with E-state index in [0.717, 1.165) is 31.7 Å². The van der Waals surface area contributed by atoms with E-state index in [0.29, 0.717) is 5.88 Å². The van der Waals surface area contributed by atoms with Crippen LogP contribution < -0.4 is 4.72 Å². The third kappa shape index (κ3) is 3.24. The van der Waals surface area contributed by atoms with Crippen molar-refractivity contribution < 1.29 is 12.8 Å². The van der Waals surface area contributed by atoms with Crippen LogP contribution >= 0.6 is 11.6 Å². The molecule has 0 amide bonds. The maximum atomic E-state index is 13.5. The fourth-order valence-electron chi connectivity index (χ4n) is 2.37. The summed E-state index contributed by atoms with van der Waals surface area (Å²) < 4.78 is 39.9. The highest BCUT2D eigenvalue weighted by atomic mass is 35.5. The van der Waals surface area contributed by atoms with Crippen molar-refractivity contribution in [2.75, 3.05) is 12.4 Å². The smallest absolute Gasteiger partial charge is 0.241 e. The van der Waals surface area contributed by atoms with Gasteiger partial charge in [-0.05, 0) is 30.4 Å². The Morgan fingerprint density at radius 2 is 2.11 bits per heavy atom. The molecule has 0 bridgehead atoms. The largest absolute Gasteiger partial charge is 0.261 e. The van der Waals surface area contributed by atoms with E-state index in [2.05, 4.69) is 9.71 Å². The Morgan fingerprint density at radius 1 is 1.42 bits per heavy atom. The summed E-state index contributed by atoms with van der Waals surface area (Å²) in [5.41, 5.74) is -0.208. The van der Waals surface area contributed by atoms with Gasteiger partial charge in [-0.1, -0.05) is 12.8 Å². The Balaban J connectivity index is 2.12. The van der Waals surface area contributed by atoms with Crippen molar-refractivity contribution >= 4 is 21.6 Å². The number of rotatable bonds is 5. The van der Waals surface area contributed by atoms with Crippen molar-refractivity contribution in [2.24, 2.45) is 5.41 Å². The highest BCUT2D eigenvalue weighted by Crippen LogP contribution is 2.38. The molecule has 1 saturated carbocycles. The summed E-state index contributed by atoms with van der Waals surface area (Å²) in [6.07, 6.45) is 5.14. The molecule has 0 aromatic carbocycles. The van der Waals surface area contributed by atoms with Crippen LogP contribution in [0, 0.1) is 11.2 Å². The van der Waals surface area contributed by atoms with E-state index >= 15 is 0 Å². The zero-order valence-electron chi connectivity index (χ0n) is 10.4. The van der Waals surface area contributed by atoms with E-state index < -0.39 is 20.9 Å². The first kappa shape index (κ1) is 14.7. The van der Waals surface area contributed by atoms with Gasteiger partial charge < -0.3 is 0 Å². The monoisotopic (exact) mass is 306 g/mol. The van der Waals surface area contributed by atoms with Gasteiger partial charge in [0, 0.05) is 18.6 Å². The summed E-state index contributed by atoms with van der Waals surface area (Å²) in [5.74, 6) is -0.443. The van der Waals surface area contributed by atoms with Gasteiger partial charge in [0.15, 0.2) is 5.82 Å². The maximum Gasteiger partial charge on any atom is 0.261 e. The normalized spacial score (nSPS) is 18.6. The molecule has 1 N–H and O–H groups in total. The second-order valence-electron chi connectivity index (χ2n) is 4.96. The molecule has 2 rings (SSSR count). The average molecular weight is 307 g/mol. The summed E-state index contributed by atoms with van der Waals surface area (Å²) in [6, 6.07) is 2.43. The van der Waals surface area contributed by atoms with Crippen LogP contribution in [0.25, 0.3) is 0 Å². The lowest BCUT2D eigenvalue weighted by molar-refractivity contribution is 0.342. The Kier molecular flexibility index (Phi) is 4.43. The minimum absolute atomic E-state index is 0.208. The number of halogens is 2. The van der Waals surface area contributed by atoms with E-state index in [-0.39, 0.29) is 12.0 Å². The van der Waals surface area contributed by atoms with Crippen LogP contribution in [0.4, 0.5) is 4.39 Å². The van der Waals surface area contributed by atoms with E-state index in [1.54, 1.807) is 0 Å². The van der Waals surface area contributed by atoms with Crippen molar-refractivity contribution in [3.05, 3.63) is 24.1 Å². The molecule has 1 fully saturated rings. The summed E-state index contributed by atoms with van der Waals surface area (Å²) in [7, 11) is -3.92. The van der Waals surface area contributed by atoms with Gasteiger partial charge in [-0.15, -0.1) is 11.6 Å². The minimum atomic E-state index is -3.92. The number of sulfonamides is 1. The Labute approximate surface area is 117 Å². The number of nitrogens with zero attached hydrogens (tertiary/aromatic N) is 1. The third-order valence-electron chi connectivity index (χ3n) is 3.56. The topological polar surface area (TPSA) is 59.1 Å². The van der Waals surface area contributed by atoms with Crippen LogP contribution in [0.5, 0.6) is 0 Å². The number of pyridine rings is 1. The number of hydrogen-bond donors (Lipinski definition) is 1. The molecule has 1 aliphatic carbocycles. The van der Waals surface area contributed by atoms with E-state index in [1.165, 1.54) is 12.3 Å². The second-order valence-corrected chi connectivity index (χ2v) is 6.91. The van der Waals surface area contributed by atoms with Gasteiger partial charge >= 0.3 is 0 Å². The lowest BCUT2D eigenvalue weighted by atomic mass is 9.89. The van der Waals surface area contributed by atoms with Crippen molar-refractivity contribution in [1.82, 2.24) is 9.71 Å². The zero-order chi connectivity index (χ0) is 13.9. The van der Waals surface area contributed by atoms with Crippen LogP contribution in [0.3, 0.4) is 0 Å². The second kappa shape index (κ2) is 5.73. The molecule has 4 nitrogen and oxygen atoms in total. The fraction of sp³-hybridized carbons (Fsp3) is 0.583. The first-order chi connectivity index (χ1) is 8.99. The fourth-order valence-corrected chi connectivity index (χ4v) is 3.89. The van der Waals surface area contributed by atoms with Crippen LogP contribution in [-0.2, 0) is 10.0 Å². The molecule has 7 heteroatoms. The standard InChI is InChI=1S/C12H16ClFN2O2S/c13-8-12(5-1-2-6-12)9-16-19(17,18)11-10(14)4-3-7-15-11/h3-4,7,16H,1-2,5-6,8-9H2. The lowest BCUT2D eigenvalue weighted by Crippen LogP contribution is -2.37. The molecule has 1 aromatic heterocycles. The maximum absolute atomic E-state index is 13.5. The van der Waals surface area contributed by atoms with Gasteiger partial charge in [-0.2, -0.15) is 0 Å². The molecule has 1 aliphatic rings.